The summed E-state index contributed by atoms with van der Waals surface area (Å²) in [5.74, 6) is -0.699. The van der Waals surface area contributed by atoms with Crippen LogP contribution in [0.25, 0.3) is 0 Å². The second kappa shape index (κ2) is 7.73. The molecular formula is C14H17ClN4O4S. The minimum absolute atomic E-state index is 0. The van der Waals surface area contributed by atoms with E-state index in [9.17, 15) is 14.9 Å². The van der Waals surface area contributed by atoms with Crippen LogP contribution in [0.15, 0.2) is 21.9 Å². The van der Waals surface area contributed by atoms with Crippen molar-refractivity contribution in [3.63, 3.8) is 0 Å². The Morgan fingerprint density at radius 3 is 2.62 bits per heavy atom. The summed E-state index contributed by atoms with van der Waals surface area (Å²) in [7, 11) is 0. The van der Waals surface area contributed by atoms with Crippen LogP contribution in [0.5, 0.6) is 0 Å². The number of hydrogen-bond donors (Lipinski definition) is 0. The Morgan fingerprint density at radius 1 is 1.38 bits per heavy atom. The first kappa shape index (κ1) is 18.4. The number of aromatic nitrogens is 1. The van der Waals surface area contributed by atoms with Crippen molar-refractivity contribution in [1.29, 1.82) is 0 Å². The quantitative estimate of drug-likeness (QED) is 0.604. The fourth-order valence-electron chi connectivity index (χ4n) is 2.47. The predicted octanol–water partition coefficient (Wildman–Crippen LogP) is 2.33. The van der Waals surface area contributed by atoms with Crippen molar-refractivity contribution in [2.75, 3.05) is 26.2 Å². The molecule has 2 aromatic rings. The van der Waals surface area contributed by atoms with Crippen LogP contribution < -0.4 is 0 Å². The SMILES string of the molecule is Cc1csc(CN2CCN(C(=O)c3ccc([N+](=O)[O-])o3)CC2)n1.Cl. The lowest BCUT2D eigenvalue weighted by atomic mass is 10.3. The molecule has 130 valence electrons. The van der Waals surface area contributed by atoms with Crippen LogP contribution in [-0.2, 0) is 6.54 Å². The van der Waals surface area contributed by atoms with Crippen molar-refractivity contribution >= 4 is 35.5 Å². The number of halogens is 1. The molecule has 1 saturated heterocycles. The Hall–Kier alpha value is -1.97. The number of amides is 1. The zero-order valence-corrected chi connectivity index (χ0v) is 14.6. The van der Waals surface area contributed by atoms with Gasteiger partial charge in [0.1, 0.15) is 9.93 Å². The summed E-state index contributed by atoms with van der Waals surface area (Å²) in [6, 6.07) is 2.56. The van der Waals surface area contributed by atoms with Gasteiger partial charge in [-0.1, -0.05) is 0 Å². The fourth-order valence-corrected chi connectivity index (χ4v) is 3.29. The first-order valence-electron chi connectivity index (χ1n) is 7.20. The number of carbonyl (C=O) groups excluding carboxylic acids is 1. The third-order valence-corrected chi connectivity index (χ3v) is 4.62. The van der Waals surface area contributed by atoms with Gasteiger partial charge in [-0.25, -0.2) is 4.98 Å². The lowest BCUT2D eigenvalue weighted by Gasteiger charge is -2.33. The van der Waals surface area contributed by atoms with E-state index in [0.717, 1.165) is 30.3 Å². The topological polar surface area (TPSA) is 92.7 Å². The van der Waals surface area contributed by atoms with Gasteiger partial charge in [-0.2, -0.15) is 0 Å². The van der Waals surface area contributed by atoms with Crippen LogP contribution in [0.2, 0.25) is 0 Å². The molecule has 3 heterocycles. The zero-order chi connectivity index (χ0) is 16.4. The molecule has 0 unspecified atom stereocenters. The molecular weight excluding hydrogens is 356 g/mol. The molecule has 0 N–H and O–H groups in total. The van der Waals surface area contributed by atoms with Crippen LogP contribution in [0.3, 0.4) is 0 Å². The Labute approximate surface area is 148 Å². The molecule has 0 aromatic carbocycles. The molecule has 10 heteroatoms. The van der Waals surface area contributed by atoms with Crippen LogP contribution >= 0.6 is 23.7 Å². The number of carbonyl (C=O) groups is 1. The molecule has 8 nitrogen and oxygen atoms in total. The van der Waals surface area contributed by atoms with Crippen molar-refractivity contribution in [1.82, 2.24) is 14.8 Å². The number of piperazine rings is 1. The molecule has 0 aliphatic carbocycles. The number of aryl methyl sites for hydroxylation is 1. The van der Waals surface area contributed by atoms with E-state index in [1.807, 2.05) is 12.3 Å². The zero-order valence-electron chi connectivity index (χ0n) is 13.0. The van der Waals surface area contributed by atoms with Crippen molar-refractivity contribution in [2.24, 2.45) is 0 Å². The maximum Gasteiger partial charge on any atom is 0.433 e. The number of nitrogens with zero attached hydrogens (tertiary/aromatic N) is 4. The molecule has 24 heavy (non-hydrogen) atoms. The number of furan rings is 1. The molecule has 1 amide bonds. The highest BCUT2D eigenvalue weighted by Crippen LogP contribution is 2.19. The van der Waals surface area contributed by atoms with Crippen LogP contribution in [0.1, 0.15) is 21.3 Å². The molecule has 0 saturated carbocycles. The lowest BCUT2D eigenvalue weighted by molar-refractivity contribution is -0.402. The van der Waals surface area contributed by atoms with Gasteiger partial charge in [0.05, 0.1) is 12.6 Å². The Morgan fingerprint density at radius 2 is 2.08 bits per heavy atom. The summed E-state index contributed by atoms with van der Waals surface area (Å²) < 4.78 is 4.97. The monoisotopic (exact) mass is 372 g/mol. The van der Waals surface area contributed by atoms with E-state index in [4.69, 9.17) is 4.42 Å². The van der Waals surface area contributed by atoms with E-state index < -0.39 is 10.8 Å². The minimum atomic E-state index is -0.648. The van der Waals surface area contributed by atoms with E-state index >= 15 is 0 Å². The molecule has 1 aliphatic rings. The van der Waals surface area contributed by atoms with Crippen molar-refractivity contribution < 1.29 is 14.1 Å². The van der Waals surface area contributed by atoms with Crippen molar-refractivity contribution in [2.45, 2.75) is 13.5 Å². The molecule has 0 spiro atoms. The van der Waals surface area contributed by atoms with Crippen molar-refractivity contribution in [3.05, 3.63) is 44.1 Å². The van der Waals surface area contributed by atoms with Gasteiger partial charge in [-0.3, -0.25) is 19.8 Å². The average molecular weight is 373 g/mol. The van der Waals surface area contributed by atoms with E-state index in [-0.39, 0.29) is 24.1 Å². The van der Waals surface area contributed by atoms with Crippen LogP contribution in [0.4, 0.5) is 5.88 Å². The largest absolute Gasteiger partial charge is 0.433 e. The Kier molecular flexibility index (Phi) is 5.92. The molecule has 2 aromatic heterocycles. The van der Waals surface area contributed by atoms with Crippen LogP contribution in [0, 0.1) is 17.0 Å². The van der Waals surface area contributed by atoms with Gasteiger partial charge in [0.15, 0.2) is 5.76 Å². The molecule has 1 fully saturated rings. The first-order valence-corrected chi connectivity index (χ1v) is 8.08. The van der Waals surface area contributed by atoms with E-state index in [0.29, 0.717) is 13.1 Å². The molecule has 1 aliphatic heterocycles. The summed E-state index contributed by atoms with van der Waals surface area (Å²) in [6.07, 6.45) is 0. The second-order valence-corrected chi connectivity index (χ2v) is 6.29. The van der Waals surface area contributed by atoms with Gasteiger partial charge >= 0.3 is 5.88 Å². The van der Waals surface area contributed by atoms with E-state index in [1.165, 1.54) is 12.1 Å². The Bertz CT molecular complexity index is 724. The average Bonchev–Trinajstić information content (AvgIpc) is 3.17. The number of nitro groups is 1. The minimum Gasteiger partial charge on any atom is -0.395 e. The summed E-state index contributed by atoms with van der Waals surface area (Å²) in [6.45, 7) is 5.38. The molecule has 0 radical (unpaired) electrons. The maximum absolute atomic E-state index is 12.3. The lowest BCUT2D eigenvalue weighted by Crippen LogP contribution is -2.48. The van der Waals surface area contributed by atoms with Gasteiger partial charge in [-0.05, 0) is 13.0 Å². The molecule has 3 rings (SSSR count). The standard InChI is InChI=1S/C14H16N4O4S.ClH/c1-10-9-23-12(15-10)8-16-4-6-17(7-5-16)14(19)11-2-3-13(22-11)18(20)21;/h2-3,9H,4-8H2,1H3;1H. The molecule has 0 bridgehead atoms. The normalized spacial score (nSPS) is 15.1. The third-order valence-electron chi connectivity index (χ3n) is 3.67. The smallest absolute Gasteiger partial charge is 0.395 e. The summed E-state index contributed by atoms with van der Waals surface area (Å²) in [5.41, 5.74) is 1.03. The third kappa shape index (κ3) is 4.11. The number of rotatable bonds is 4. The number of thiazole rings is 1. The highest BCUT2D eigenvalue weighted by Gasteiger charge is 2.26. The first-order chi connectivity index (χ1) is 11.0. The van der Waals surface area contributed by atoms with Gasteiger partial charge < -0.3 is 9.32 Å². The highest BCUT2D eigenvalue weighted by molar-refractivity contribution is 7.09. The predicted molar refractivity (Wildman–Crippen MR) is 90.6 cm³/mol. The summed E-state index contributed by atoms with van der Waals surface area (Å²) in [4.78, 5) is 30.6. The number of hydrogen-bond acceptors (Lipinski definition) is 7. The van der Waals surface area contributed by atoms with E-state index in [1.54, 1.807) is 16.2 Å². The summed E-state index contributed by atoms with van der Waals surface area (Å²) >= 11 is 1.64. The van der Waals surface area contributed by atoms with Gasteiger partial charge in [0.25, 0.3) is 5.91 Å². The molecule has 0 atom stereocenters. The van der Waals surface area contributed by atoms with Crippen LogP contribution in [-0.4, -0.2) is 51.8 Å². The van der Waals surface area contributed by atoms with E-state index in [2.05, 4.69) is 9.88 Å². The highest BCUT2D eigenvalue weighted by atomic mass is 35.5. The van der Waals surface area contributed by atoms with Gasteiger partial charge in [-0.15, -0.1) is 23.7 Å². The second-order valence-electron chi connectivity index (χ2n) is 5.35. The summed E-state index contributed by atoms with van der Waals surface area (Å²) in [5, 5.41) is 13.7. The fraction of sp³-hybridized carbons (Fsp3) is 0.429. The van der Waals surface area contributed by atoms with Gasteiger partial charge in [0, 0.05) is 37.3 Å². The van der Waals surface area contributed by atoms with Gasteiger partial charge in [0.2, 0.25) is 0 Å². The maximum atomic E-state index is 12.3. The Balaban J connectivity index is 0.00000208. The van der Waals surface area contributed by atoms with Crippen molar-refractivity contribution in [3.8, 4) is 0 Å².